The number of benzene rings is 1. The quantitative estimate of drug-likeness (QED) is 0.389. The molecule has 1 aliphatic heterocycles. The van der Waals surface area contributed by atoms with Crippen molar-refractivity contribution in [2.45, 2.75) is 88.2 Å². The van der Waals surface area contributed by atoms with Crippen molar-refractivity contribution in [1.82, 2.24) is 10.2 Å². The van der Waals surface area contributed by atoms with Crippen molar-refractivity contribution in [2.75, 3.05) is 20.3 Å². The second-order valence-corrected chi connectivity index (χ2v) is 10.7. The van der Waals surface area contributed by atoms with Gasteiger partial charge in [-0.3, -0.25) is 9.59 Å². The third-order valence-electron chi connectivity index (χ3n) is 8.22. The van der Waals surface area contributed by atoms with Gasteiger partial charge in [0.1, 0.15) is 12.2 Å². The molecule has 1 aromatic rings. The summed E-state index contributed by atoms with van der Waals surface area (Å²) in [6.45, 7) is -0.335. The molecule has 1 heterocycles. The van der Waals surface area contributed by atoms with Crippen molar-refractivity contribution in [3.05, 3.63) is 34.9 Å². The standard InChI is InChI=1S/C28H38N2O7/c1-36-22-13-16(15-32)12-19-23-20(27(34)29-10-11-31)14-21(24(33)26(23)37-25(19)22)30(28(35)17-8-9-17)18-6-4-2-3-5-7-18/h12-14,17-18,21,23-24,26,31-33H,2-11,15H2,1H3,(H,29,34)/t21-,23+,24+,26+/m1/s1. The number of amides is 2. The molecule has 0 aromatic heterocycles. The highest BCUT2D eigenvalue weighted by Crippen LogP contribution is 2.52. The largest absolute Gasteiger partial charge is 0.493 e. The predicted molar refractivity (Wildman–Crippen MR) is 135 cm³/mol. The molecule has 4 atom stereocenters. The third kappa shape index (κ3) is 4.96. The first-order chi connectivity index (χ1) is 18.0. The first kappa shape index (κ1) is 26.0. The first-order valence-electron chi connectivity index (χ1n) is 13.6. The maximum atomic E-state index is 13.7. The minimum absolute atomic E-state index is 0.00380. The van der Waals surface area contributed by atoms with Gasteiger partial charge in [0.15, 0.2) is 11.5 Å². The molecule has 2 saturated carbocycles. The Labute approximate surface area is 217 Å². The van der Waals surface area contributed by atoms with E-state index in [1.807, 2.05) is 4.90 Å². The van der Waals surface area contributed by atoms with Crippen LogP contribution in [0.4, 0.5) is 0 Å². The number of nitrogens with one attached hydrogen (secondary N) is 1. The second kappa shape index (κ2) is 11.0. The van der Waals surface area contributed by atoms with Crippen molar-refractivity contribution in [2.24, 2.45) is 5.92 Å². The average molecular weight is 515 g/mol. The van der Waals surface area contributed by atoms with Crippen LogP contribution >= 0.6 is 0 Å². The van der Waals surface area contributed by atoms with Gasteiger partial charge in [0.05, 0.1) is 32.3 Å². The van der Waals surface area contributed by atoms with Crippen molar-refractivity contribution in [3.63, 3.8) is 0 Å². The molecule has 37 heavy (non-hydrogen) atoms. The summed E-state index contributed by atoms with van der Waals surface area (Å²) < 4.78 is 11.8. The Kier molecular flexibility index (Phi) is 7.74. The normalized spacial score (nSPS) is 27.3. The van der Waals surface area contributed by atoms with Crippen molar-refractivity contribution in [1.29, 1.82) is 0 Å². The Bertz CT molecular complexity index is 1050. The Balaban J connectivity index is 1.59. The van der Waals surface area contributed by atoms with E-state index in [9.17, 15) is 24.9 Å². The molecule has 0 radical (unpaired) electrons. The first-order valence-corrected chi connectivity index (χ1v) is 13.6. The maximum absolute atomic E-state index is 13.7. The summed E-state index contributed by atoms with van der Waals surface area (Å²) in [5.74, 6) is -0.0920. The summed E-state index contributed by atoms with van der Waals surface area (Å²) in [6, 6.07) is 2.76. The minimum atomic E-state index is -1.06. The molecule has 2 amide bonds. The van der Waals surface area contributed by atoms with Crippen LogP contribution in [-0.2, 0) is 16.2 Å². The zero-order chi connectivity index (χ0) is 26.1. The lowest BCUT2D eigenvalue weighted by Crippen LogP contribution is -2.58. The highest BCUT2D eigenvalue weighted by Gasteiger charge is 2.53. The lowest BCUT2D eigenvalue weighted by Gasteiger charge is -2.44. The molecule has 0 saturated heterocycles. The fraction of sp³-hybridized carbons (Fsp3) is 0.643. The Morgan fingerprint density at radius 3 is 2.46 bits per heavy atom. The van der Waals surface area contributed by atoms with Crippen LogP contribution in [0, 0.1) is 5.92 Å². The zero-order valence-corrected chi connectivity index (χ0v) is 21.4. The molecule has 202 valence electrons. The third-order valence-corrected chi connectivity index (χ3v) is 8.22. The van der Waals surface area contributed by atoms with Crippen LogP contribution in [0.2, 0.25) is 0 Å². The van der Waals surface area contributed by atoms with Gasteiger partial charge in [0.2, 0.25) is 11.8 Å². The van der Waals surface area contributed by atoms with E-state index in [-0.39, 0.29) is 43.5 Å². The number of hydrogen-bond acceptors (Lipinski definition) is 7. The topological polar surface area (TPSA) is 129 Å². The molecule has 9 heteroatoms. The van der Waals surface area contributed by atoms with Gasteiger partial charge in [-0.2, -0.15) is 0 Å². The number of carbonyl (C=O) groups excluding carboxylic acids is 2. The highest BCUT2D eigenvalue weighted by atomic mass is 16.5. The lowest BCUT2D eigenvalue weighted by molar-refractivity contribution is -0.142. The predicted octanol–water partition coefficient (Wildman–Crippen LogP) is 1.77. The maximum Gasteiger partial charge on any atom is 0.247 e. The number of nitrogens with zero attached hydrogens (tertiary/aromatic N) is 1. The molecule has 4 N–H and O–H groups in total. The molecule has 3 aliphatic carbocycles. The van der Waals surface area contributed by atoms with Crippen LogP contribution < -0.4 is 14.8 Å². The van der Waals surface area contributed by atoms with Crippen LogP contribution in [-0.4, -0.2) is 76.6 Å². The van der Waals surface area contributed by atoms with Gasteiger partial charge in [-0.25, -0.2) is 0 Å². The monoisotopic (exact) mass is 514 g/mol. The fourth-order valence-corrected chi connectivity index (χ4v) is 6.24. The Morgan fingerprint density at radius 2 is 1.84 bits per heavy atom. The number of methoxy groups -OCH3 is 1. The zero-order valence-electron chi connectivity index (χ0n) is 21.4. The van der Waals surface area contributed by atoms with E-state index < -0.39 is 24.2 Å². The van der Waals surface area contributed by atoms with E-state index in [0.29, 0.717) is 28.2 Å². The molecule has 4 aliphatic rings. The minimum Gasteiger partial charge on any atom is -0.493 e. The van der Waals surface area contributed by atoms with Gasteiger partial charge in [-0.1, -0.05) is 25.7 Å². The molecule has 5 rings (SSSR count). The Morgan fingerprint density at radius 1 is 1.11 bits per heavy atom. The van der Waals surface area contributed by atoms with Gasteiger partial charge >= 0.3 is 0 Å². The number of aliphatic hydroxyl groups excluding tert-OH is 3. The van der Waals surface area contributed by atoms with E-state index in [2.05, 4.69) is 5.32 Å². The summed E-state index contributed by atoms with van der Waals surface area (Å²) in [5, 5.41) is 33.7. The summed E-state index contributed by atoms with van der Waals surface area (Å²) in [5.41, 5.74) is 1.66. The molecular formula is C28H38N2O7. The van der Waals surface area contributed by atoms with Gasteiger partial charge < -0.3 is 35.0 Å². The lowest BCUT2D eigenvalue weighted by atomic mass is 9.76. The van der Waals surface area contributed by atoms with Gasteiger partial charge in [-0.15, -0.1) is 0 Å². The molecular weight excluding hydrogens is 476 g/mol. The molecule has 0 unspecified atom stereocenters. The number of carbonyl (C=O) groups is 2. The van der Waals surface area contributed by atoms with Crippen molar-refractivity contribution < 1.29 is 34.4 Å². The van der Waals surface area contributed by atoms with Gasteiger partial charge in [-0.05, 0) is 49.5 Å². The second-order valence-electron chi connectivity index (χ2n) is 10.7. The summed E-state index contributed by atoms with van der Waals surface area (Å²) in [4.78, 5) is 29.0. The SMILES string of the molecule is COc1cc(CO)cc2c1O[C@@H]1[C@@H](O)[C@H](N(C(=O)C3CC3)C3CCCCCC3)C=C(C(=O)NCCO)[C@H]21. The number of fused-ring (bicyclic) bond motifs is 3. The van der Waals surface area contributed by atoms with E-state index >= 15 is 0 Å². The van der Waals surface area contributed by atoms with Crippen LogP contribution in [0.5, 0.6) is 11.5 Å². The van der Waals surface area contributed by atoms with E-state index in [4.69, 9.17) is 9.47 Å². The number of hydrogen-bond donors (Lipinski definition) is 4. The Hall–Kier alpha value is -2.62. The van der Waals surface area contributed by atoms with Gasteiger partial charge in [0.25, 0.3) is 0 Å². The van der Waals surface area contributed by atoms with E-state index in [0.717, 1.165) is 51.4 Å². The summed E-state index contributed by atoms with van der Waals surface area (Å²) in [6.07, 6.45) is 7.69. The number of aliphatic hydroxyl groups is 3. The van der Waals surface area contributed by atoms with E-state index in [1.165, 1.54) is 7.11 Å². The number of rotatable bonds is 8. The molecule has 1 aromatic carbocycles. The summed E-state index contributed by atoms with van der Waals surface area (Å²) in [7, 11) is 1.51. The fourth-order valence-electron chi connectivity index (χ4n) is 6.24. The van der Waals surface area contributed by atoms with E-state index in [1.54, 1.807) is 18.2 Å². The van der Waals surface area contributed by atoms with Crippen LogP contribution in [0.25, 0.3) is 0 Å². The van der Waals surface area contributed by atoms with Gasteiger partial charge in [0, 0.05) is 29.6 Å². The van der Waals surface area contributed by atoms with Crippen LogP contribution in [0.3, 0.4) is 0 Å². The van der Waals surface area contributed by atoms with Crippen molar-refractivity contribution >= 4 is 11.8 Å². The molecule has 9 nitrogen and oxygen atoms in total. The number of ether oxygens (including phenoxy) is 2. The highest BCUT2D eigenvalue weighted by molar-refractivity contribution is 5.96. The molecule has 0 bridgehead atoms. The molecule has 0 spiro atoms. The van der Waals surface area contributed by atoms with Crippen molar-refractivity contribution in [3.8, 4) is 11.5 Å². The van der Waals surface area contributed by atoms with Crippen LogP contribution in [0.15, 0.2) is 23.8 Å². The average Bonchev–Trinajstić information content (AvgIpc) is 3.73. The molecule has 2 fully saturated rings. The summed E-state index contributed by atoms with van der Waals surface area (Å²) >= 11 is 0. The smallest absolute Gasteiger partial charge is 0.247 e. The van der Waals surface area contributed by atoms with Crippen LogP contribution in [0.1, 0.15) is 68.4 Å².